The predicted octanol–water partition coefficient (Wildman–Crippen LogP) is 17.1. The molecule has 11 aromatic carbocycles. The summed E-state index contributed by atoms with van der Waals surface area (Å²) in [6, 6.07) is 96.7. The Kier molecular flexibility index (Phi) is 9.77. The fourth-order valence-electron chi connectivity index (χ4n) is 11.1. The molecule has 0 N–H and O–H groups in total. The molecule has 69 heavy (non-hydrogen) atoms. The second-order valence-electron chi connectivity index (χ2n) is 18.0. The lowest BCUT2D eigenvalue weighted by atomic mass is 9.66. The monoisotopic (exact) mass is 876 g/mol. The molecule has 0 amide bonds. The van der Waals surface area contributed by atoms with E-state index in [2.05, 4.69) is 261 Å². The van der Waals surface area contributed by atoms with E-state index in [-0.39, 0.29) is 0 Å². The molecule has 12 aromatic rings. The van der Waals surface area contributed by atoms with E-state index >= 15 is 0 Å². The molecule has 0 spiro atoms. The van der Waals surface area contributed by atoms with Crippen molar-refractivity contribution in [2.45, 2.75) is 5.41 Å². The number of rotatable bonds is 8. The quantitative estimate of drug-likeness (QED) is 0.152. The molecule has 2 nitrogen and oxygen atoms in total. The van der Waals surface area contributed by atoms with Crippen molar-refractivity contribution >= 4 is 21.5 Å². The second kappa shape index (κ2) is 16.7. The van der Waals surface area contributed by atoms with Crippen molar-refractivity contribution in [3.63, 3.8) is 0 Å². The Balaban J connectivity index is 0.952. The van der Waals surface area contributed by atoms with E-state index in [0.29, 0.717) is 5.82 Å². The summed E-state index contributed by atoms with van der Waals surface area (Å²) in [5.41, 5.74) is 19.0. The Morgan fingerprint density at radius 2 is 0.725 bits per heavy atom. The lowest BCUT2D eigenvalue weighted by Crippen LogP contribution is -2.29. The van der Waals surface area contributed by atoms with Crippen LogP contribution >= 0.6 is 0 Å². The molecule has 13 rings (SSSR count). The summed E-state index contributed by atoms with van der Waals surface area (Å²) in [6.07, 6.45) is 0. The van der Waals surface area contributed by atoms with Gasteiger partial charge in [-0.1, -0.05) is 243 Å². The Morgan fingerprint density at radius 1 is 0.261 bits per heavy atom. The van der Waals surface area contributed by atoms with Crippen molar-refractivity contribution < 1.29 is 0 Å². The molecule has 0 aliphatic heterocycles. The van der Waals surface area contributed by atoms with Crippen LogP contribution in [0.25, 0.3) is 100.0 Å². The van der Waals surface area contributed by atoms with Gasteiger partial charge in [-0.2, -0.15) is 0 Å². The maximum Gasteiger partial charge on any atom is 0.161 e. The van der Waals surface area contributed by atoms with Crippen LogP contribution in [0.4, 0.5) is 0 Å². The molecule has 1 aliphatic carbocycles. The van der Waals surface area contributed by atoms with Gasteiger partial charge in [-0.25, -0.2) is 9.97 Å². The lowest BCUT2D eigenvalue weighted by molar-refractivity contribution is 0.771. The summed E-state index contributed by atoms with van der Waals surface area (Å²) in [4.78, 5) is 10.7. The van der Waals surface area contributed by atoms with Crippen molar-refractivity contribution in [3.05, 3.63) is 289 Å². The zero-order valence-electron chi connectivity index (χ0n) is 37.8. The van der Waals surface area contributed by atoms with Gasteiger partial charge in [0.05, 0.1) is 16.8 Å². The second-order valence-corrected chi connectivity index (χ2v) is 18.0. The SMILES string of the molecule is c1ccc(-c2cc(-c3ccccc3-c3ccccc3)nc(-c3ccc(-c4ccc(-c5cccc6c5C(c5ccccc5)(c5ccccc5)c5cc7ccccc7cc5-6)cc4)c4ccccc34)n2)cc1. The molecule has 1 aliphatic rings. The maximum absolute atomic E-state index is 5.39. The summed E-state index contributed by atoms with van der Waals surface area (Å²) in [6.45, 7) is 0. The van der Waals surface area contributed by atoms with Crippen LogP contribution in [0.3, 0.4) is 0 Å². The Labute approximate surface area is 402 Å². The van der Waals surface area contributed by atoms with Crippen molar-refractivity contribution in [2.24, 2.45) is 0 Å². The smallest absolute Gasteiger partial charge is 0.161 e. The van der Waals surface area contributed by atoms with Gasteiger partial charge in [0.25, 0.3) is 0 Å². The number of hydrogen-bond acceptors (Lipinski definition) is 2. The maximum atomic E-state index is 5.39. The number of fused-ring (bicyclic) bond motifs is 5. The van der Waals surface area contributed by atoms with E-state index in [0.717, 1.165) is 61.1 Å². The Bertz CT molecular complexity index is 3820. The number of benzene rings is 11. The van der Waals surface area contributed by atoms with Crippen molar-refractivity contribution in [2.75, 3.05) is 0 Å². The van der Waals surface area contributed by atoms with Gasteiger partial charge in [0.2, 0.25) is 0 Å². The third kappa shape index (κ3) is 6.72. The first kappa shape index (κ1) is 40.3. The third-order valence-corrected chi connectivity index (χ3v) is 14.2. The molecule has 2 heteroatoms. The van der Waals surface area contributed by atoms with Gasteiger partial charge in [-0.05, 0) is 113 Å². The normalized spacial score (nSPS) is 12.5. The Hall–Kier alpha value is -8.98. The summed E-state index contributed by atoms with van der Waals surface area (Å²) in [5.74, 6) is 0.694. The van der Waals surface area contributed by atoms with Gasteiger partial charge in [-0.3, -0.25) is 0 Å². The standard InChI is InChI=1S/C67H44N2/c1-5-20-45(21-6-1)53-30-15-18-33-58(53)64-44-63(48-22-7-2-8-23-48)68-66(69-64)60-41-40-54(56-31-16-17-32-57(56)60)46-36-38-47(39-37-46)55-34-19-35-59-61-42-49-24-13-14-25-50(49)43-62(61)67(65(55)59,51-26-9-3-10-27-51)52-28-11-4-12-29-52/h1-44H. The molecule has 0 radical (unpaired) electrons. The molecule has 322 valence electrons. The molecule has 0 fully saturated rings. The van der Waals surface area contributed by atoms with E-state index in [4.69, 9.17) is 9.97 Å². The molecule has 0 unspecified atom stereocenters. The van der Waals surface area contributed by atoms with Crippen LogP contribution in [-0.4, -0.2) is 9.97 Å². The van der Waals surface area contributed by atoms with Crippen LogP contribution in [0.5, 0.6) is 0 Å². The first-order valence-electron chi connectivity index (χ1n) is 23.7. The van der Waals surface area contributed by atoms with Gasteiger partial charge < -0.3 is 0 Å². The fraction of sp³-hybridized carbons (Fsp3) is 0.0149. The van der Waals surface area contributed by atoms with Crippen LogP contribution in [0.1, 0.15) is 22.3 Å². The minimum absolute atomic E-state index is 0.540. The Morgan fingerprint density at radius 3 is 1.39 bits per heavy atom. The summed E-state index contributed by atoms with van der Waals surface area (Å²) < 4.78 is 0. The summed E-state index contributed by atoms with van der Waals surface area (Å²) in [7, 11) is 0. The molecule has 1 heterocycles. The van der Waals surface area contributed by atoms with Gasteiger partial charge >= 0.3 is 0 Å². The summed E-state index contributed by atoms with van der Waals surface area (Å²) >= 11 is 0. The molecular formula is C67H44N2. The lowest BCUT2D eigenvalue weighted by Gasteiger charge is -2.35. The molecule has 0 atom stereocenters. The van der Waals surface area contributed by atoms with E-state index < -0.39 is 5.41 Å². The highest BCUT2D eigenvalue weighted by atomic mass is 14.9. The fourth-order valence-corrected chi connectivity index (χ4v) is 11.1. The van der Waals surface area contributed by atoms with Crippen molar-refractivity contribution in [3.8, 4) is 78.4 Å². The summed E-state index contributed by atoms with van der Waals surface area (Å²) in [5, 5.41) is 4.75. The van der Waals surface area contributed by atoms with Crippen LogP contribution in [0, 0.1) is 0 Å². The zero-order chi connectivity index (χ0) is 45.7. The molecule has 0 bridgehead atoms. The minimum Gasteiger partial charge on any atom is -0.228 e. The van der Waals surface area contributed by atoms with Crippen LogP contribution in [0.15, 0.2) is 267 Å². The highest BCUT2D eigenvalue weighted by Crippen LogP contribution is 2.59. The topological polar surface area (TPSA) is 25.8 Å². The number of nitrogens with zero attached hydrogens (tertiary/aromatic N) is 2. The van der Waals surface area contributed by atoms with Gasteiger partial charge in [0.15, 0.2) is 5.82 Å². The molecule has 1 aromatic heterocycles. The predicted molar refractivity (Wildman–Crippen MR) is 287 cm³/mol. The van der Waals surface area contributed by atoms with Crippen LogP contribution in [0.2, 0.25) is 0 Å². The third-order valence-electron chi connectivity index (χ3n) is 14.2. The first-order valence-corrected chi connectivity index (χ1v) is 23.7. The highest BCUT2D eigenvalue weighted by Gasteiger charge is 2.47. The van der Waals surface area contributed by atoms with Gasteiger partial charge in [-0.15, -0.1) is 0 Å². The van der Waals surface area contributed by atoms with E-state index in [9.17, 15) is 0 Å². The number of hydrogen-bond donors (Lipinski definition) is 0. The largest absolute Gasteiger partial charge is 0.228 e. The average molecular weight is 877 g/mol. The van der Waals surface area contributed by atoms with Crippen LogP contribution in [-0.2, 0) is 5.41 Å². The van der Waals surface area contributed by atoms with E-state index in [1.807, 2.05) is 6.07 Å². The van der Waals surface area contributed by atoms with Crippen molar-refractivity contribution in [1.82, 2.24) is 9.97 Å². The minimum atomic E-state index is -0.540. The highest BCUT2D eigenvalue weighted by molar-refractivity contribution is 6.05. The zero-order valence-corrected chi connectivity index (χ0v) is 37.8. The molecular weight excluding hydrogens is 833 g/mol. The van der Waals surface area contributed by atoms with Crippen LogP contribution < -0.4 is 0 Å². The van der Waals surface area contributed by atoms with Gasteiger partial charge in [0.1, 0.15) is 0 Å². The number of aromatic nitrogens is 2. The molecule has 0 saturated heterocycles. The van der Waals surface area contributed by atoms with Gasteiger partial charge in [0, 0.05) is 16.7 Å². The molecule has 0 saturated carbocycles. The van der Waals surface area contributed by atoms with E-state index in [1.165, 1.54) is 55.3 Å². The first-order chi connectivity index (χ1) is 34.2. The van der Waals surface area contributed by atoms with Crippen molar-refractivity contribution in [1.29, 1.82) is 0 Å². The average Bonchev–Trinajstić information content (AvgIpc) is 3.73. The van der Waals surface area contributed by atoms with E-state index in [1.54, 1.807) is 0 Å².